The summed E-state index contributed by atoms with van der Waals surface area (Å²) in [5.41, 5.74) is 1.77. The molecule has 1 N–H and O–H groups in total. The summed E-state index contributed by atoms with van der Waals surface area (Å²) >= 11 is 6.92. The van der Waals surface area contributed by atoms with Gasteiger partial charge in [0.15, 0.2) is 0 Å². The Bertz CT molecular complexity index is 418. The van der Waals surface area contributed by atoms with Crippen molar-refractivity contribution in [2.24, 2.45) is 5.92 Å². The van der Waals surface area contributed by atoms with Crippen LogP contribution in [0, 0.1) is 12.8 Å². The minimum Gasteiger partial charge on any atom is -0.348 e. The quantitative estimate of drug-likeness (QED) is 0.762. The standard InChI is InChI=1S/C14H19Br2NO/c1-9(2)7-11(8-15)17-14(18)12-6-4-5-10(3)13(12)16/h4-6,9,11H,7-8H2,1-3H3,(H,17,18). The number of aryl methyl sites for hydroxylation is 1. The molecule has 1 aromatic carbocycles. The molecule has 0 heterocycles. The van der Waals surface area contributed by atoms with Gasteiger partial charge in [0, 0.05) is 15.8 Å². The van der Waals surface area contributed by atoms with Gasteiger partial charge in [0.05, 0.1) is 5.56 Å². The Labute approximate surface area is 126 Å². The van der Waals surface area contributed by atoms with Crippen molar-refractivity contribution in [2.45, 2.75) is 33.2 Å². The number of nitrogens with one attached hydrogen (secondary N) is 1. The molecule has 0 bridgehead atoms. The highest BCUT2D eigenvalue weighted by molar-refractivity contribution is 9.10. The summed E-state index contributed by atoms with van der Waals surface area (Å²) in [5, 5.41) is 3.84. The number of carbonyl (C=O) groups is 1. The first-order valence-corrected chi connectivity index (χ1v) is 7.99. The van der Waals surface area contributed by atoms with Crippen molar-refractivity contribution in [1.82, 2.24) is 5.32 Å². The number of hydrogen-bond acceptors (Lipinski definition) is 1. The normalized spacial score (nSPS) is 12.6. The Morgan fingerprint density at radius 3 is 2.61 bits per heavy atom. The molecule has 0 saturated heterocycles. The minimum absolute atomic E-state index is 0.0179. The van der Waals surface area contributed by atoms with Gasteiger partial charge in [0.2, 0.25) is 0 Å². The Balaban J connectivity index is 2.78. The molecule has 1 rings (SSSR count). The van der Waals surface area contributed by atoms with Crippen LogP contribution in [-0.4, -0.2) is 17.3 Å². The number of rotatable bonds is 5. The fourth-order valence-electron chi connectivity index (χ4n) is 1.82. The van der Waals surface area contributed by atoms with Gasteiger partial charge in [-0.3, -0.25) is 4.79 Å². The lowest BCUT2D eigenvalue weighted by atomic mass is 10.0. The molecule has 0 spiro atoms. The highest BCUT2D eigenvalue weighted by Gasteiger charge is 2.16. The van der Waals surface area contributed by atoms with Gasteiger partial charge >= 0.3 is 0 Å². The van der Waals surface area contributed by atoms with Crippen molar-refractivity contribution >= 4 is 37.8 Å². The van der Waals surface area contributed by atoms with Crippen molar-refractivity contribution in [2.75, 3.05) is 5.33 Å². The Morgan fingerprint density at radius 2 is 2.06 bits per heavy atom. The van der Waals surface area contributed by atoms with E-state index in [0.29, 0.717) is 11.5 Å². The third-order valence-electron chi connectivity index (χ3n) is 2.71. The second-order valence-electron chi connectivity index (χ2n) is 4.89. The van der Waals surface area contributed by atoms with E-state index in [1.54, 1.807) is 0 Å². The second kappa shape index (κ2) is 7.29. The maximum Gasteiger partial charge on any atom is 0.252 e. The molecule has 0 aromatic heterocycles. The minimum atomic E-state index is -0.0179. The molecule has 0 radical (unpaired) electrons. The largest absolute Gasteiger partial charge is 0.348 e. The van der Waals surface area contributed by atoms with Crippen LogP contribution in [0.4, 0.5) is 0 Å². The predicted octanol–water partition coefficient (Wildman–Crippen LogP) is 4.30. The van der Waals surface area contributed by atoms with Crippen molar-refractivity contribution in [3.8, 4) is 0 Å². The van der Waals surface area contributed by atoms with Gasteiger partial charge in [-0.25, -0.2) is 0 Å². The Morgan fingerprint density at radius 1 is 1.39 bits per heavy atom. The molecule has 0 saturated carbocycles. The number of amides is 1. The molecule has 1 unspecified atom stereocenters. The smallest absolute Gasteiger partial charge is 0.252 e. The molecule has 0 aliphatic carbocycles. The van der Waals surface area contributed by atoms with E-state index in [0.717, 1.165) is 21.8 Å². The molecule has 0 fully saturated rings. The summed E-state index contributed by atoms with van der Waals surface area (Å²) < 4.78 is 0.875. The summed E-state index contributed by atoms with van der Waals surface area (Å²) in [5.74, 6) is 0.546. The third kappa shape index (κ3) is 4.39. The third-order valence-corrected chi connectivity index (χ3v) is 4.55. The van der Waals surface area contributed by atoms with Crippen molar-refractivity contribution < 1.29 is 4.79 Å². The van der Waals surface area contributed by atoms with Gasteiger partial charge < -0.3 is 5.32 Å². The zero-order valence-electron chi connectivity index (χ0n) is 11.0. The van der Waals surface area contributed by atoms with Gasteiger partial charge in [-0.2, -0.15) is 0 Å². The molecule has 18 heavy (non-hydrogen) atoms. The first-order valence-electron chi connectivity index (χ1n) is 6.07. The lowest BCUT2D eigenvalue weighted by Crippen LogP contribution is -2.37. The predicted molar refractivity (Wildman–Crippen MR) is 83.4 cm³/mol. The molecule has 1 aromatic rings. The van der Waals surface area contributed by atoms with Crippen LogP contribution in [0.3, 0.4) is 0 Å². The van der Waals surface area contributed by atoms with Crippen LogP contribution in [-0.2, 0) is 0 Å². The number of carbonyl (C=O) groups excluding carboxylic acids is 1. The molecule has 0 aliphatic heterocycles. The Hall–Kier alpha value is -0.350. The molecular weight excluding hydrogens is 358 g/mol. The fourth-order valence-corrected chi connectivity index (χ4v) is 2.69. The molecule has 0 aliphatic rings. The van der Waals surface area contributed by atoms with Crippen LogP contribution in [0.2, 0.25) is 0 Å². The number of benzene rings is 1. The first kappa shape index (κ1) is 15.7. The van der Waals surface area contributed by atoms with Crippen LogP contribution >= 0.6 is 31.9 Å². The average Bonchev–Trinajstić information content (AvgIpc) is 2.31. The average molecular weight is 377 g/mol. The highest BCUT2D eigenvalue weighted by atomic mass is 79.9. The lowest BCUT2D eigenvalue weighted by Gasteiger charge is -2.19. The van der Waals surface area contributed by atoms with E-state index in [2.05, 4.69) is 51.0 Å². The van der Waals surface area contributed by atoms with E-state index in [9.17, 15) is 4.79 Å². The van der Waals surface area contributed by atoms with Crippen LogP contribution < -0.4 is 5.32 Å². The van der Waals surface area contributed by atoms with Gasteiger partial charge in [-0.05, 0) is 46.8 Å². The number of halogens is 2. The first-order chi connectivity index (χ1) is 8.45. The van der Waals surface area contributed by atoms with Gasteiger partial charge in [0.25, 0.3) is 5.91 Å². The molecule has 1 amide bonds. The van der Waals surface area contributed by atoms with E-state index in [-0.39, 0.29) is 11.9 Å². The number of hydrogen-bond donors (Lipinski definition) is 1. The van der Waals surface area contributed by atoms with Crippen LogP contribution in [0.1, 0.15) is 36.2 Å². The second-order valence-corrected chi connectivity index (χ2v) is 6.33. The molecule has 1 atom stereocenters. The maximum absolute atomic E-state index is 12.2. The summed E-state index contributed by atoms with van der Waals surface area (Å²) in [7, 11) is 0. The zero-order valence-corrected chi connectivity index (χ0v) is 14.1. The lowest BCUT2D eigenvalue weighted by molar-refractivity contribution is 0.0936. The summed E-state index contributed by atoms with van der Waals surface area (Å²) in [6.07, 6.45) is 0.973. The van der Waals surface area contributed by atoms with Crippen molar-refractivity contribution in [3.63, 3.8) is 0 Å². The van der Waals surface area contributed by atoms with Crippen molar-refractivity contribution in [1.29, 1.82) is 0 Å². The molecule has 4 heteroatoms. The molecule has 2 nitrogen and oxygen atoms in total. The van der Waals surface area contributed by atoms with Crippen LogP contribution in [0.25, 0.3) is 0 Å². The van der Waals surface area contributed by atoms with Crippen LogP contribution in [0.15, 0.2) is 22.7 Å². The van der Waals surface area contributed by atoms with E-state index >= 15 is 0 Å². The van der Waals surface area contributed by atoms with E-state index in [1.807, 2.05) is 25.1 Å². The van der Waals surface area contributed by atoms with Crippen LogP contribution in [0.5, 0.6) is 0 Å². The number of alkyl halides is 1. The maximum atomic E-state index is 12.2. The zero-order chi connectivity index (χ0) is 13.7. The SMILES string of the molecule is Cc1cccc(C(=O)NC(CBr)CC(C)C)c1Br. The van der Waals surface area contributed by atoms with E-state index in [4.69, 9.17) is 0 Å². The van der Waals surface area contributed by atoms with E-state index < -0.39 is 0 Å². The fraction of sp³-hybridized carbons (Fsp3) is 0.500. The highest BCUT2D eigenvalue weighted by Crippen LogP contribution is 2.21. The molecule has 100 valence electrons. The summed E-state index contributed by atoms with van der Waals surface area (Å²) in [6, 6.07) is 5.90. The topological polar surface area (TPSA) is 29.1 Å². The van der Waals surface area contributed by atoms with Gasteiger partial charge in [-0.1, -0.05) is 41.9 Å². The summed E-state index contributed by atoms with van der Waals surface area (Å²) in [6.45, 7) is 6.30. The monoisotopic (exact) mass is 375 g/mol. The van der Waals surface area contributed by atoms with Gasteiger partial charge in [0.1, 0.15) is 0 Å². The molecular formula is C14H19Br2NO. The van der Waals surface area contributed by atoms with E-state index in [1.165, 1.54) is 0 Å². The summed E-state index contributed by atoms with van der Waals surface area (Å²) in [4.78, 5) is 12.2. The van der Waals surface area contributed by atoms with Crippen molar-refractivity contribution in [3.05, 3.63) is 33.8 Å². The Kier molecular flexibility index (Phi) is 6.36. The van der Waals surface area contributed by atoms with Gasteiger partial charge in [-0.15, -0.1) is 0 Å².